The lowest BCUT2D eigenvalue weighted by Crippen LogP contribution is -2.30. The predicted molar refractivity (Wildman–Crippen MR) is 71.6 cm³/mol. The van der Waals surface area contributed by atoms with Gasteiger partial charge in [-0.3, -0.25) is 0 Å². The van der Waals surface area contributed by atoms with Gasteiger partial charge in [0.1, 0.15) is 0 Å². The van der Waals surface area contributed by atoms with Crippen LogP contribution in [0.1, 0.15) is 37.5 Å². The van der Waals surface area contributed by atoms with Crippen LogP contribution in [0.15, 0.2) is 18.2 Å². The molecule has 0 aliphatic heterocycles. The summed E-state index contributed by atoms with van der Waals surface area (Å²) in [5, 5.41) is 0. The fourth-order valence-electron chi connectivity index (χ4n) is 2.21. The third-order valence-electron chi connectivity index (χ3n) is 3.27. The van der Waals surface area contributed by atoms with Crippen molar-refractivity contribution in [1.82, 2.24) is 0 Å². The summed E-state index contributed by atoms with van der Waals surface area (Å²) in [5.74, 6) is 0.550. The van der Waals surface area contributed by atoms with E-state index < -0.39 is 0 Å². The highest BCUT2D eigenvalue weighted by atomic mass is 14.6. The summed E-state index contributed by atoms with van der Waals surface area (Å²) in [7, 11) is 0. The summed E-state index contributed by atoms with van der Waals surface area (Å²) in [6.07, 6.45) is 1.09. The number of benzene rings is 1. The summed E-state index contributed by atoms with van der Waals surface area (Å²) >= 11 is 0. The second-order valence-electron chi connectivity index (χ2n) is 6.00. The van der Waals surface area contributed by atoms with Crippen molar-refractivity contribution < 1.29 is 0 Å². The van der Waals surface area contributed by atoms with Crippen molar-refractivity contribution >= 4 is 0 Å². The number of rotatable bonds is 3. The number of nitrogens with two attached hydrogens (primary N) is 1. The highest BCUT2D eigenvalue weighted by molar-refractivity contribution is 5.29. The van der Waals surface area contributed by atoms with E-state index in [1.54, 1.807) is 0 Å². The smallest absolute Gasteiger partial charge is 0.00407 e. The van der Waals surface area contributed by atoms with Crippen molar-refractivity contribution in [3.8, 4) is 0 Å². The summed E-state index contributed by atoms with van der Waals surface area (Å²) in [6.45, 7) is 11.9. The molecule has 1 rings (SSSR count). The molecular formula is C15H25N. The molecule has 0 saturated carbocycles. The average molecular weight is 219 g/mol. The Balaban J connectivity index is 2.86. The van der Waals surface area contributed by atoms with E-state index in [2.05, 4.69) is 52.8 Å². The molecule has 0 bridgehead atoms. The Labute approximate surface area is 100 Å². The maximum Gasteiger partial charge on any atom is -0.00407 e. The van der Waals surface area contributed by atoms with Crippen LogP contribution < -0.4 is 5.73 Å². The van der Waals surface area contributed by atoms with Gasteiger partial charge in [0, 0.05) is 0 Å². The normalized spacial score (nSPS) is 13.9. The Kier molecular flexibility index (Phi) is 4.15. The molecule has 0 aromatic heterocycles. The molecule has 0 aliphatic carbocycles. The van der Waals surface area contributed by atoms with Crippen molar-refractivity contribution in [1.29, 1.82) is 0 Å². The Morgan fingerprint density at radius 1 is 1.06 bits per heavy atom. The summed E-state index contributed by atoms with van der Waals surface area (Å²) < 4.78 is 0. The van der Waals surface area contributed by atoms with Crippen LogP contribution in [0.5, 0.6) is 0 Å². The van der Waals surface area contributed by atoms with Gasteiger partial charge < -0.3 is 5.73 Å². The molecule has 0 saturated heterocycles. The van der Waals surface area contributed by atoms with Crippen LogP contribution in [-0.2, 0) is 6.42 Å². The Bertz CT molecular complexity index is 327. The first kappa shape index (κ1) is 13.2. The predicted octanol–water partition coefficient (Wildman–Crippen LogP) is 3.47. The van der Waals surface area contributed by atoms with Crippen LogP contribution in [0.2, 0.25) is 0 Å². The second kappa shape index (κ2) is 5.01. The summed E-state index contributed by atoms with van der Waals surface area (Å²) in [6, 6.07) is 6.78. The second-order valence-corrected chi connectivity index (χ2v) is 6.00. The molecule has 2 N–H and O–H groups in total. The fourth-order valence-corrected chi connectivity index (χ4v) is 2.21. The Hall–Kier alpha value is -0.820. The van der Waals surface area contributed by atoms with Gasteiger partial charge in [-0.05, 0) is 43.7 Å². The fraction of sp³-hybridized carbons (Fsp3) is 0.600. The van der Waals surface area contributed by atoms with E-state index in [1.807, 2.05) is 0 Å². The first-order chi connectivity index (χ1) is 7.32. The minimum absolute atomic E-state index is 0.284. The van der Waals surface area contributed by atoms with Crippen LogP contribution in [0, 0.1) is 25.2 Å². The van der Waals surface area contributed by atoms with E-state index >= 15 is 0 Å². The molecule has 1 nitrogen and oxygen atoms in total. The van der Waals surface area contributed by atoms with Gasteiger partial charge in [-0.25, -0.2) is 0 Å². The van der Waals surface area contributed by atoms with Gasteiger partial charge >= 0.3 is 0 Å². The van der Waals surface area contributed by atoms with E-state index in [-0.39, 0.29) is 5.41 Å². The SMILES string of the molecule is Cc1cc(C)cc(CC(CN)C(C)(C)C)c1. The van der Waals surface area contributed by atoms with Crippen molar-refractivity contribution in [2.24, 2.45) is 17.1 Å². The minimum Gasteiger partial charge on any atom is -0.330 e. The zero-order valence-electron chi connectivity index (χ0n) is 11.3. The van der Waals surface area contributed by atoms with Crippen LogP contribution >= 0.6 is 0 Å². The lowest BCUT2D eigenvalue weighted by Gasteiger charge is -2.29. The van der Waals surface area contributed by atoms with E-state index in [0.29, 0.717) is 5.92 Å². The molecule has 1 unspecified atom stereocenters. The first-order valence-corrected chi connectivity index (χ1v) is 6.10. The molecule has 90 valence electrons. The van der Waals surface area contributed by atoms with Crippen molar-refractivity contribution in [3.63, 3.8) is 0 Å². The van der Waals surface area contributed by atoms with Gasteiger partial charge in [-0.2, -0.15) is 0 Å². The Morgan fingerprint density at radius 3 is 1.94 bits per heavy atom. The first-order valence-electron chi connectivity index (χ1n) is 6.10. The van der Waals surface area contributed by atoms with Crippen molar-refractivity contribution in [2.75, 3.05) is 6.54 Å². The molecule has 0 radical (unpaired) electrons. The van der Waals surface area contributed by atoms with Crippen LogP contribution in [0.25, 0.3) is 0 Å². The monoisotopic (exact) mass is 219 g/mol. The van der Waals surface area contributed by atoms with Gasteiger partial charge in [-0.15, -0.1) is 0 Å². The van der Waals surface area contributed by atoms with Crippen LogP contribution in [0.3, 0.4) is 0 Å². The number of hydrogen-bond donors (Lipinski definition) is 1. The zero-order valence-corrected chi connectivity index (χ0v) is 11.3. The standard InChI is InChI=1S/C15H25N/c1-11-6-12(2)8-13(7-11)9-14(10-16)15(3,4)5/h6-8,14H,9-10,16H2,1-5H3. The summed E-state index contributed by atoms with van der Waals surface area (Å²) in [5.41, 5.74) is 10.3. The molecule has 1 atom stereocenters. The van der Waals surface area contributed by atoms with Crippen LogP contribution in [0.4, 0.5) is 0 Å². The number of hydrogen-bond acceptors (Lipinski definition) is 1. The quantitative estimate of drug-likeness (QED) is 0.827. The molecular weight excluding hydrogens is 194 g/mol. The third kappa shape index (κ3) is 3.64. The maximum absolute atomic E-state index is 5.88. The van der Waals surface area contributed by atoms with E-state index in [9.17, 15) is 0 Å². The van der Waals surface area contributed by atoms with Gasteiger partial charge in [0.2, 0.25) is 0 Å². The zero-order chi connectivity index (χ0) is 12.3. The van der Waals surface area contributed by atoms with Crippen molar-refractivity contribution in [3.05, 3.63) is 34.9 Å². The molecule has 1 aromatic rings. The maximum atomic E-state index is 5.88. The van der Waals surface area contributed by atoms with Gasteiger partial charge in [0.15, 0.2) is 0 Å². The lowest BCUT2D eigenvalue weighted by atomic mass is 9.77. The number of aryl methyl sites for hydroxylation is 2. The summed E-state index contributed by atoms with van der Waals surface area (Å²) in [4.78, 5) is 0. The van der Waals surface area contributed by atoms with E-state index in [0.717, 1.165) is 13.0 Å². The molecule has 0 heterocycles. The molecule has 0 amide bonds. The Morgan fingerprint density at radius 2 is 1.56 bits per heavy atom. The molecule has 1 aromatic carbocycles. The van der Waals surface area contributed by atoms with Gasteiger partial charge in [-0.1, -0.05) is 50.1 Å². The van der Waals surface area contributed by atoms with E-state index in [1.165, 1.54) is 16.7 Å². The molecule has 16 heavy (non-hydrogen) atoms. The van der Waals surface area contributed by atoms with Gasteiger partial charge in [0.25, 0.3) is 0 Å². The van der Waals surface area contributed by atoms with E-state index in [4.69, 9.17) is 5.73 Å². The van der Waals surface area contributed by atoms with Crippen LogP contribution in [-0.4, -0.2) is 6.54 Å². The topological polar surface area (TPSA) is 26.0 Å². The van der Waals surface area contributed by atoms with Crippen molar-refractivity contribution in [2.45, 2.75) is 41.0 Å². The molecule has 1 heteroatoms. The van der Waals surface area contributed by atoms with Gasteiger partial charge in [0.05, 0.1) is 0 Å². The molecule has 0 fully saturated rings. The average Bonchev–Trinajstić information content (AvgIpc) is 2.10. The third-order valence-corrected chi connectivity index (χ3v) is 3.27. The minimum atomic E-state index is 0.284. The molecule has 0 aliphatic rings. The highest BCUT2D eigenvalue weighted by Gasteiger charge is 2.23. The lowest BCUT2D eigenvalue weighted by molar-refractivity contribution is 0.246. The largest absolute Gasteiger partial charge is 0.330 e. The highest BCUT2D eigenvalue weighted by Crippen LogP contribution is 2.28. The molecule has 0 spiro atoms.